The van der Waals surface area contributed by atoms with Crippen LogP contribution in [-0.4, -0.2) is 10.8 Å². The van der Waals surface area contributed by atoms with Gasteiger partial charge in [0.2, 0.25) is 0 Å². The molecule has 1 aliphatic carbocycles. The summed E-state index contributed by atoms with van der Waals surface area (Å²) in [7, 11) is 0. The molecule has 8 rings (SSSR count). The number of nitrogens with zero attached hydrogens (tertiary/aromatic N) is 3. The second-order valence-corrected chi connectivity index (χ2v) is 13.0. The van der Waals surface area contributed by atoms with Crippen LogP contribution in [0.1, 0.15) is 53.3 Å². The average molecular weight is 619 g/mol. The fourth-order valence-corrected chi connectivity index (χ4v) is 7.23. The highest BCUT2D eigenvalue weighted by molar-refractivity contribution is 6.11. The van der Waals surface area contributed by atoms with E-state index in [2.05, 4.69) is 109 Å². The van der Waals surface area contributed by atoms with Crippen LogP contribution >= 0.6 is 0 Å². The first-order valence-electron chi connectivity index (χ1n) is 16.3. The standard InChI is InChI=1S/C44H34N4/c1-44(2)38-20-8-6-18-34(38)36-25-43-37(24-39(36)44)35-19-7-9-21-42(35)48(43)33-17-11-13-30(23-33)28-47-41(31-14-4-3-5-15-31)26-40(46)32-16-10-12-29(22-32)27-45/h3-26,28,40H,46H2,1-2H3/b41-26-,47-28?. The summed E-state index contributed by atoms with van der Waals surface area (Å²) < 4.78 is 2.38. The third kappa shape index (κ3) is 4.93. The Balaban J connectivity index is 1.23. The van der Waals surface area contributed by atoms with Gasteiger partial charge in [0, 0.05) is 28.1 Å². The van der Waals surface area contributed by atoms with E-state index in [1.165, 1.54) is 44.1 Å². The van der Waals surface area contributed by atoms with Gasteiger partial charge in [-0.05, 0) is 87.5 Å². The molecule has 0 saturated heterocycles. The third-order valence-corrected chi connectivity index (χ3v) is 9.66. The van der Waals surface area contributed by atoms with Crippen LogP contribution in [-0.2, 0) is 5.41 Å². The predicted molar refractivity (Wildman–Crippen MR) is 198 cm³/mol. The molecule has 0 spiro atoms. The van der Waals surface area contributed by atoms with Crippen molar-refractivity contribution in [1.82, 2.24) is 4.57 Å². The van der Waals surface area contributed by atoms with E-state index in [9.17, 15) is 5.26 Å². The molecule has 0 fully saturated rings. The van der Waals surface area contributed by atoms with Gasteiger partial charge >= 0.3 is 0 Å². The molecule has 4 nitrogen and oxygen atoms in total. The van der Waals surface area contributed by atoms with Gasteiger partial charge in [0.1, 0.15) is 0 Å². The normalized spacial score (nSPS) is 14.2. The highest BCUT2D eigenvalue weighted by atomic mass is 15.0. The maximum absolute atomic E-state index is 9.39. The van der Waals surface area contributed by atoms with Crippen LogP contribution < -0.4 is 5.73 Å². The molecule has 0 saturated carbocycles. The van der Waals surface area contributed by atoms with Gasteiger partial charge in [0.15, 0.2) is 0 Å². The summed E-state index contributed by atoms with van der Waals surface area (Å²) >= 11 is 0. The fourth-order valence-electron chi connectivity index (χ4n) is 7.23. The van der Waals surface area contributed by atoms with Crippen LogP contribution in [0.3, 0.4) is 0 Å². The number of aromatic nitrogens is 1. The SMILES string of the molecule is CC1(C)c2ccccc2-c2cc3c(cc21)c1ccccc1n3-c1cccc(C=N/C(=C\C(N)c2cccc(C#N)c2)c2ccccc2)c1. The molecule has 2 N–H and O–H groups in total. The Hall–Kier alpha value is -6.02. The quantitative estimate of drug-likeness (QED) is 0.189. The number of rotatable bonds is 6. The molecule has 7 aromatic rings. The first kappa shape index (κ1) is 29.4. The number of fused-ring (bicyclic) bond motifs is 6. The molecule has 1 unspecified atom stereocenters. The molecule has 1 heterocycles. The lowest BCUT2D eigenvalue weighted by molar-refractivity contribution is 0.661. The molecule has 1 aromatic heterocycles. The Morgan fingerprint density at radius 1 is 0.729 bits per heavy atom. The summed E-state index contributed by atoms with van der Waals surface area (Å²) in [5.74, 6) is 0. The van der Waals surface area contributed by atoms with E-state index in [-0.39, 0.29) is 5.41 Å². The highest BCUT2D eigenvalue weighted by Crippen LogP contribution is 2.50. The van der Waals surface area contributed by atoms with E-state index in [0.717, 1.165) is 28.1 Å². The Bertz CT molecular complexity index is 2450. The van der Waals surface area contributed by atoms with E-state index < -0.39 is 6.04 Å². The maximum Gasteiger partial charge on any atom is 0.0991 e. The molecule has 6 aromatic carbocycles. The topological polar surface area (TPSA) is 67.1 Å². The molecule has 0 radical (unpaired) electrons. The Morgan fingerprint density at radius 3 is 2.35 bits per heavy atom. The van der Waals surface area contributed by atoms with Crippen molar-refractivity contribution >= 4 is 33.7 Å². The predicted octanol–water partition coefficient (Wildman–Crippen LogP) is 10.1. The first-order chi connectivity index (χ1) is 23.4. The lowest BCUT2D eigenvalue weighted by Crippen LogP contribution is -2.14. The number of nitriles is 1. The van der Waals surface area contributed by atoms with Crippen molar-refractivity contribution in [2.24, 2.45) is 10.7 Å². The van der Waals surface area contributed by atoms with Gasteiger partial charge in [0.25, 0.3) is 0 Å². The Morgan fingerprint density at radius 2 is 1.50 bits per heavy atom. The average Bonchev–Trinajstić information content (AvgIpc) is 3.57. The van der Waals surface area contributed by atoms with E-state index in [1.54, 1.807) is 6.07 Å². The van der Waals surface area contributed by atoms with Crippen molar-refractivity contribution in [1.29, 1.82) is 5.26 Å². The van der Waals surface area contributed by atoms with Crippen molar-refractivity contribution in [2.45, 2.75) is 25.3 Å². The molecule has 0 bridgehead atoms. The zero-order chi connectivity index (χ0) is 32.8. The van der Waals surface area contributed by atoms with Crippen molar-refractivity contribution < 1.29 is 0 Å². The van der Waals surface area contributed by atoms with E-state index in [0.29, 0.717) is 5.56 Å². The number of benzene rings is 6. The third-order valence-electron chi connectivity index (χ3n) is 9.66. The van der Waals surface area contributed by atoms with Crippen molar-refractivity contribution in [3.05, 3.63) is 179 Å². The maximum atomic E-state index is 9.39. The summed E-state index contributed by atoms with van der Waals surface area (Å²) in [6.07, 6.45) is 3.87. The van der Waals surface area contributed by atoms with Crippen LogP contribution in [0.2, 0.25) is 0 Å². The molecule has 0 amide bonds. The minimum atomic E-state index is -0.425. The van der Waals surface area contributed by atoms with Gasteiger partial charge in [0.05, 0.1) is 34.4 Å². The summed E-state index contributed by atoms with van der Waals surface area (Å²) in [5.41, 5.74) is 19.5. The number of hydrogen-bond acceptors (Lipinski definition) is 3. The second kappa shape index (κ2) is 11.7. The lowest BCUT2D eigenvalue weighted by atomic mass is 9.82. The minimum Gasteiger partial charge on any atom is -0.321 e. The first-order valence-corrected chi connectivity index (χ1v) is 16.3. The zero-order valence-corrected chi connectivity index (χ0v) is 26.9. The molecule has 1 aliphatic rings. The van der Waals surface area contributed by atoms with Gasteiger partial charge < -0.3 is 10.3 Å². The monoisotopic (exact) mass is 618 g/mol. The van der Waals surface area contributed by atoms with Crippen LogP contribution in [0.4, 0.5) is 0 Å². The summed E-state index contributed by atoms with van der Waals surface area (Å²) in [6.45, 7) is 4.67. The van der Waals surface area contributed by atoms with Crippen molar-refractivity contribution in [3.8, 4) is 22.9 Å². The van der Waals surface area contributed by atoms with Gasteiger partial charge in [-0.25, -0.2) is 0 Å². The van der Waals surface area contributed by atoms with Crippen LogP contribution in [0.25, 0.3) is 44.3 Å². The largest absolute Gasteiger partial charge is 0.321 e. The number of hydrogen-bond donors (Lipinski definition) is 1. The number of nitrogens with two attached hydrogens (primary N) is 1. The van der Waals surface area contributed by atoms with Gasteiger partial charge in [-0.2, -0.15) is 5.26 Å². The van der Waals surface area contributed by atoms with Crippen molar-refractivity contribution in [3.63, 3.8) is 0 Å². The smallest absolute Gasteiger partial charge is 0.0991 e. The van der Waals surface area contributed by atoms with E-state index in [4.69, 9.17) is 10.7 Å². The van der Waals surface area contributed by atoms with Crippen LogP contribution in [0.5, 0.6) is 0 Å². The van der Waals surface area contributed by atoms with Gasteiger partial charge in [-0.3, -0.25) is 4.99 Å². The second-order valence-electron chi connectivity index (χ2n) is 13.0. The van der Waals surface area contributed by atoms with E-state index in [1.807, 2.05) is 60.8 Å². The number of para-hydroxylation sites is 1. The Labute approximate surface area is 280 Å². The summed E-state index contributed by atoms with van der Waals surface area (Å²) in [4.78, 5) is 4.99. The van der Waals surface area contributed by atoms with Gasteiger partial charge in [-0.15, -0.1) is 0 Å². The molecule has 0 aliphatic heterocycles. The van der Waals surface area contributed by atoms with Crippen LogP contribution in [0.15, 0.2) is 151 Å². The zero-order valence-electron chi connectivity index (χ0n) is 26.9. The summed E-state index contributed by atoms with van der Waals surface area (Å²) in [6, 6.07) is 50.1. The molecule has 230 valence electrons. The summed E-state index contributed by atoms with van der Waals surface area (Å²) in [5, 5.41) is 11.9. The molecule has 4 heteroatoms. The fraction of sp³-hybridized carbons (Fsp3) is 0.0909. The van der Waals surface area contributed by atoms with Crippen LogP contribution in [0, 0.1) is 11.3 Å². The van der Waals surface area contributed by atoms with Gasteiger partial charge in [-0.1, -0.05) is 111 Å². The number of aliphatic imine (C=N–C) groups is 1. The lowest BCUT2D eigenvalue weighted by Gasteiger charge is -2.21. The van der Waals surface area contributed by atoms with E-state index >= 15 is 0 Å². The minimum absolute atomic E-state index is 0.0647. The molecular weight excluding hydrogens is 585 g/mol. The molecule has 48 heavy (non-hydrogen) atoms. The Kier molecular flexibility index (Phi) is 7.13. The molecule has 1 atom stereocenters. The van der Waals surface area contributed by atoms with Crippen molar-refractivity contribution in [2.75, 3.05) is 0 Å². The molecular formula is C44H34N4. The highest BCUT2D eigenvalue weighted by Gasteiger charge is 2.36.